The fourth-order valence-corrected chi connectivity index (χ4v) is 2.08. The highest BCUT2D eigenvalue weighted by Gasteiger charge is 2.08. The first-order valence-electron chi connectivity index (χ1n) is 8.64. The van der Waals surface area contributed by atoms with E-state index in [4.69, 9.17) is 4.74 Å². The van der Waals surface area contributed by atoms with Crippen molar-refractivity contribution in [2.45, 2.75) is 52.3 Å². The second-order valence-corrected chi connectivity index (χ2v) is 6.63. The molecule has 0 unspecified atom stereocenters. The van der Waals surface area contributed by atoms with Gasteiger partial charge in [0.1, 0.15) is 25.0 Å². The average Bonchev–Trinajstić information content (AvgIpc) is 2.51. The highest BCUT2D eigenvalue weighted by molar-refractivity contribution is 5.74. The van der Waals surface area contributed by atoms with Gasteiger partial charge in [0, 0.05) is 12.6 Å². The van der Waals surface area contributed by atoms with E-state index in [0.717, 1.165) is 17.7 Å². The molecule has 1 rings (SSSR count). The van der Waals surface area contributed by atoms with Crippen molar-refractivity contribution >= 4 is 6.03 Å². The van der Waals surface area contributed by atoms with E-state index >= 15 is 0 Å². The van der Waals surface area contributed by atoms with E-state index in [0.29, 0.717) is 25.7 Å². The number of ether oxygens (including phenoxy) is 1. The topological polar surface area (TPSA) is 87.2 Å². The van der Waals surface area contributed by atoms with Gasteiger partial charge in [0.15, 0.2) is 0 Å². The number of hydrogen-bond donors (Lipinski definition) is 4. The monoisotopic (exact) mass is 338 g/mol. The molecular weight excluding hydrogens is 306 g/mol. The molecule has 0 aromatic heterocycles. The molecule has 1 atom stereocenters. The Bertz CT molecular complexity index is 475. The molecule has 1 aromatic rings. The van der Waals surface area contributed by atoms with Crippen LogP contribution in [0.25, 0.3) is 0 Å². The normalized spacial score (nSPS) is 12.3. The minimum atomic E-state index is -0.476. The van der Waals surface area contributed by atoms with Crippen LogP contribution in [0, 0.1) is 0 Å². The van der Waals surface area contributed by atoms with Gasteiger partial charge in [-0.25, -0.2) is 4.79 Å². The Morgan fingerprint density at radius 3 is 2.46 bits per heavy atom. The summed E-state index contributed by atoms with van der Waals surface area (Å²) < 4.78 is 5.59. The first-order valence-corrected chi connectivity index (χ1v) is 8.64. The number of nitrogens with two attached hydrogens (primary N) is 1. The predicted molar refractivity (Wildman–Crippen MR) is 95.2 cm³/mol. The van der Waals surface area contributed by atoms with Crippen molar-refractivity contribution < 1.29 is 20.0 Å². The van der Waals surface area contributed by atoms with Gasteiger partial charge in [0.05, 0.1) is 6.04 Å². The van der Waals surface area contributed by atoms with E-state index in [1.54, 1.807) is 0 Å². The number of rotatable bonds is 10. The Morgan fingerprint density at radius 1 is 1.21 bits per heavy atom. The lowest BCUT2D eigenvalue weighted by molar-refractivity contribution is -0.688. The number of carbonyl (C=O) groups is 1. The Balaban J connectivity index is 2.26. The molecular formula is C18H32N3O3+. The number of quaternary nitrogens is 1. The molecule has 5 N–H and O–H groups in total. The van der Waals surface area contributed by atoms with Crippen LogP contribution < -0.4 is 20.7 Å². The number of aliphatic hydroxyl groups is 1. The van der Waals surface area contributed by atoms with E-state index in [1.165, 1.54) is 0 Å². The van der Waals surface area contributed by atoms with Crippen molar-refractivity contribution in [3.63, 3.8) is 0 Å². The molecule has 6 heteroatoms. The van der Waals surface area contributed by atoms with Gasteiger partial charge in [-0.1, -0.05) is 12.1 Å². The minimum Gasteiger partial charge on any atom is -0.491 e. The van der Waals surface area contributed by atoms with Crippen LogP contribution in [0.1, 0.15) is 33.3 Å². The molecule has 0 saturated heterocycles. The van der Waals surface area contributed by atoms with Crippen LogP contribution in [-0.2, 0) is 6.42 Å². The molecule has 0 aliphatic carbocycles. The summed E-state index contributed by atoms with van der Waals surface area (Å²) in [6, 6.07) is 8.20. The Labute approximate surface area is 145 Å². The first-order chi connectivity index (χ1) is 11.4. The Morgan fingerprint density at radius 2 is 1.88 bits per heavy atom. The third-order valence-corrected chi connectivity index (χ3v) is 3.36. The second-order valence-electron chi connectivity index (χ2n) is 6.63. The summed E-state index contributed by atoms with van der Waals surface area (Å²) in [6.07, 6.45) is 0.286. The molecule has 24 heavy (non-hydrogen) atoms. The van der Waals surface area contributed by atoms with Crippen molar-refractivity contribution in [1.82, 2.24) is 10.6 Å². The molecule has 0 saturated carbocycles. The number of hydrogen-bond acceptors (Lipinski definition) is 3. The smallest absolute Gasteiger partial charge is 0.314 e. The van der Waals surface area contributed by atoms with Crippen molar-refractivity contribution in [2.24, 2.45) is 0 Å². The molecule has 0 heterocycles. The van der Waals surface area contributed by atoms with Crippen LogP contribution in [0.5, 0.6) is 5.75 Å². The lowest BCUT2D eigenvalue weighted by Crippen LogP contribution is -2.90. The van der Waals surface area contributed by atoms with Gasteiger partial charge >= 0.3 is 6.03 Å². The zero-order valence-electron chi connectivity index (χ0n) is 15.2. The summed E-state index contributed by atoms with van der Waals surface area (Å²) in [5.41, 5.74) is 1.13. The van der Waals surface area contributed by atoms with Crippen LogP contribution >= 0.6 is 0 Å². The van der Waals surface area contributed by atoms with Crippen LogP contribution in [0.3, 0.4) is 0 Å². The molecule has 0 aliphatic heterocycles. The maximum Gasteiger partial charge on any atom is 0.314 e. The first kappa shape index (κ1) is 20.3. The minimum absolute atomic E-state index is 0.134. The summed E-state index contributed by atoms with van der Waals surface area (Å²) in [6.45, 7) is 9.55. The highest BCUT2D eigenvalue weighted by atomic mass is 16.5. The number of amides is 2. The van der Waals surface area contributed by atoms with Crippen molar-refractivity contribution in [3.05, 3.63) is 29.8 Å². The average molecular weight is 338 g/mol. The molecule has 0 spiro atoms. The zero-order chi connectivity index (χ0) is 17.9. The summed E-state index contributed by atoms with van der Waals surface area (Å²) in [5, 5.41) is 17.5. The zero-order valence-corrected chi connectivity index (χ0v) is 15.2. The van der Waals surface area contributed by atoms with Gasteiger partial charge < -0.3 is 25.8 Å². The molecule has 1 aromatic carbocycles. The van der Waals surface area contributed by atoms with Crippen molar-refractivity contribution in [2.75, 3.05) is 19.7 Å². The Hall–Kier alpha value is -1.79. The SMILES string of the molecule is CC(C)NC(=O)NCCc1ccc(OC[C@@H](O)C[NH2+]C(C)C)cc1. The van der Waals surface area contributed by atoms with E-state index in [1.807, 2.05) is 38.1 Å². The summed E-state index contributed by atoms with van der Waals surface area (Å²) in [5.74, 6) is 0.743. The molecule has 6 nitrogen and oxygen atoms in total. The molecule has 136 valence electrons. The molecule has 0 bridgehead atoms. The van der Waals surface area contributed by atoms with Crippen LogP contribution in [0.2, 0.25) is 0 Å². The highest BCUT2D eigenvalue weighted by Crippen LogP contribution is 2.12. The van der Waals surface area contributed by atoms with Crippen molar-refractivity contribution in [3.8, 4) is 5.75 Å². The maximum atomic E-state index is 11.5. The fraction of sp³-hybridized carbons (Fsp3) is 0.611. The predicted octanol–water partition coefficient (Wildman–Crippen LogP) is 0.648. The molecule has 0 radical (unpaired) electrons. The van der Waals surface area contributed by atoms with Gasteiger partial charge in [-0.3, -0.25) is 0 Å². The standard InChI is InChI=1S/C18H31N3O3/c1-13(2)20-11-16(22)12-24-17-7-5-15(6-8-17)9-10-19-18(23)21-14(3)4/h5-8,13-14,16,20,22H,9-12H2,1-4H3,(H2,19,21,23)/p+1/t16-/m0/s1. The van der Waals surface area contributed by atoms with Gasteiger partial charge in [0.25, 0.3) is 0 Å². The van der Waals surface area contributed by atoms with E-state index in [-0.39, 0.29) is 12.1 Å². The van der Waals surface area contributed by atoms with E-state index < -0.39 is 6.10 Å². The van der Waals surface area contributed by atoms with Crippen LogP contribution in [0.15, 0.2) is 24.3 Å². The number of benzene rings is 1. The fourth-order valence-electron chi connectivity index (χ4n) is 2.08. The number of nitrogens with one attached hydrogen (secondary N) is 2. The molecule has 2 amide bonds. The second kappa shape index (κ2) is 10.9. The van der Waals surface area contributed by atoms with Crippen LogP contribution in [-0.4, -0.2) is 49.0 Å². The lowest BCUT2D eigenvalue weighted by atomic mass is 10.1. The van der Waals surface area contributed by atoms with Gasteiger partial charge in [0.2, 0.25) is 0 Å². The third-order valence-electron chi connectivity index (χ3n) is 3.36. The molecule has 0 fully saturated rings. The lowest BCUT2D eigenvalue weighted by Gasteiger charge is -2.13. The van der Waals surface area contributed by atoms with Crippen LogP contribution in [0.4, 0.5) is 4.79 Å². The van der Waals surface area contributed by atoms with E-state index in [9.17, 15) is 9.90 Å². The quantitative estimate of drug-likeness (QED) is 0.505. The van der Waals surface area contributed by atoms with Gasteiger partial charge in [-0.15, -0.1) is 0 Å². The summed E-state index contributed by atoms with van der Waals surface area (Å²) in [7, 11) is 0. The number of carbonyl (C=O) groups excluding carboxylic acids is 1. The van der Waals surface area contributed by atoms with Gasteiger partial charge in [-0.2, -0.15) is 0 Å². The maximum absolute atomic E-state index is 11.5. The summed E-state index contributed by atoms with van der Waals surface area (Å²) in [4.78, 5) is 11.5. The molecule has 0 aliphatic rings. The largest absolute Gasteiger partial charge is 0.491 e. The van der Waals surface area contributed by atoms with Gasteiger partial charge in [-0.05, 0) is 51.8 Å². The number of aliphatic hydroxyl groups excluding tert-OH is 1. The number of urea groups is 1. The van der Waals surface area contributed by atoms with E-state index in [2.05, 4.69) is 29.8 Å². The summed E-state index contributed by atoms with van der Waals surface area (Å²) >= 11 is 0. The third kappa shape index (κ3) is 9.37. The Kier molecular flexibility index (Phi) is 9.19. The van der Waals surface area contributed by atoms with Crippen molar-refractivity contribution in [1.29, 1.82) is 0 Å².